The number of Topliss-reactive ketones (excluding diaryl/α,β-unsaturated/α-hetero) is 1. The van der Waals surface area contributed by atoms with Crippen LogP contribution in [-0.4, -0.2) is 12.1 Å². The highest BCUT2D eigenvalue weighted by Crippen LogP contribution is 2.32. The average molecular weight is 168 g/mol. The Bertz CT molecular complexity index is 186. The minimum Gasteiger partial charge on any atom is -0.303 e. The fourth-order valence-electron chi connectivity index (χ4n) is 2.08. The molecule has 0 aliphatic heterocycles. The highest BCUT2D eigenvalue weighted by Gasteiger charge is 2.30. The predicted molar refractivity (Wildman–Crippen MR) is 46.7 cm³/mol. The van der Waals surface area contributed by atoms with Crippen LogP contribution in [0.1, 0.15) is 33.1 Å². The van der Waals surface area contributed by atoms with Crippen LogP contribution in [0.25, 0.3) is 0 Å². The molecule has 0 aromatic heterocycles. The van der Waals surface area contributed by atoms with Crippen LogP contribution in [0.15, 0.2) is 0 Å². The van der Waals surface area contributed by atoms with E-state index in [0.717, 1.165) is 25.5 Å². The van der Waals surface area contributed by atoms with Crippen LogP contribution in [0.5, 0.6) is 0 Å². The second kappa shape index (κ2) is 3.83. The molecule has 1 rings (SSSR count). The molecule has 2 heteroatoms. The standard InChI is InChI=1S/C10H16O2/c1-7-3-4-10(8(2)12)9(5-7)6-11/h6-7,9-10H,3-5H2,1-2H3. The Hall–Kier alpha value is -0.660. The normalized spacial score (nSPS) is 36.0. The molecule has 0 radical (unpaired) electrons. The molecule has 0 aromatic carbocycles. The molecule has 0 bridgehead atoms. The van der Waals surface area contributed by atoms with Gasteiger partial charge in [-0.2, -0.15) is 0 Å². The lowest BCUT2D eigenvalue weighted by atomic mass is 9.74. The molecule has 1 aliphatic carbocycles. The molecule has 3 unspecified atom stereocenters. The summed E-state index contributed by atoms with van der Waals surface area (Å²) in [6.45, 7) is 3.74. The predicted octanol–water partition coefficient (Wildman–Crippen LogP) is 1.83. The van der Waals surface area contributed by atoms with Crippen LogP contribution < -0.4 is 0 Å². The van der Waals surface area contributed by atoms with E-state index >= 15 is 0 Å². The van der Waals surface area contributed by atoms with Gasteiger partial charge in [-0.3, -0.25) is 4.79 Å². The summed E-state index contributed by atoms with van der Waals surface area (Å²) < 4.78 is 0. The molecule has 1 aliphatic rings. The maximum absolute atomic E-state index is 11.1. The number of aldehydes is 1. The summed E-state index contributed by atoms with van der Waals surface area (Å²) in [5.41, 5.74) is 0. The first-order chi connectivity index (χ1) is 5.65. The third-order valence-corrected chi connectivity index (χ3v) is 2.86. The van der Waals surface area contributed by atoms with Gasteiger partial charge in [-0.05, 0) is 32.1 Å². The summed E-state index contributed by atoms with van der Waals surface area (Å²) in [4.78, 5) is 21.8. The lowest BCUT2D eigenvalue weighted by molar-refractivity contribution is -0.128. The lowest BCUT2D eigenvalue weighted by Crippen LogP contribution is -2.29. The largest absolute Gasteiger partial charge is 0.303 e. The molecule has 1 fully saturated rings. The first kappa shape index (κ1) is 9.43. The smallest absolute Gasteiger partial charge is 0.133 e. The van der Waals surface area contributed by atoms with Gasteiger partial charge in [0.1, 0.15) is 12.1 Å². The first-order valence-corrected chi connectivity index (χ1v) is 4.61. The monoisotopic (exact) mass is 168 g/mol. The number of hydrogen-bond donors (Lipinski definition) is 0. The third-order valence-electron chi connectivity index (χ3n) is 2.86. The minimum atomic E-state index is -0.00810. The Morgan fingerprint density at radius 2 is 2.08 bits per heavy atom. The number of ketones is 1. The summed E-state index contributed by atoms with van der Waals surface area (Å²) in [5.74, 6) is 0.791. The highest BCUT2D eigenvalue weighted by atomic mass is 16.1. The van der Waals surface area contributed by atoms with Crippen molar-refractivity contribution < 1.29 is 9.59 Å². The summed E-state index contributed by atoms with van der Waals surface area (Å²) in [6, 6.07) is 0. The number of carbonyl (C=O) groups excluding carboxylic acids is 2. The zero-order chi connectivity index (χ0) is 9.14. The molecule has 0 aromatic rings. The van der Waals surface area contributed by atoms with Gasteiger partial charge in [0.2, 0.25) is 0 Å². The molecule has 0 amide bonds. The van der Waals surface area contributed by atoms with E-state index < -0.39 is 0 Å². The molecule has 0 saturated heterocycles. The van der Waals surface area contributed by atoms with Crippen molar-refractivity contribution in [1.82, 2.24) is 0 Å². The van der Waals surface area contributed by atoms with Crippen molar-refractivity contribution in [1.29, 1.82) is 0 Å². The van der Waals surface area contributed by atoms with Gasteiger partial charge in [0, 0.05) is 11.8 Å². The number of hydrogen-bond acceptors (Lipinski definition) is 2. The van der Waals surface area contributed by atoms with E-state index in [1.54, 1.807) is 6.92 Å². The van der Waals surface area contributed by atoms with Crippen molar-refractivity contribution in [3.05, 3.63) is 0 Å². The zero-order valence-electron chi connectivity index (χ0n) is 7.75. The maximum atomic E-state index is 11.1. The zero-order valence-corrected chi connectivity index (χ0v) is 7.75. The fraction of sp³-hybridized carbons (Fsp3) is 0.800. The van der Waals surface area contributed by atoms with Crippen molar-refractivity contribution in [2.45, 2.75) is 33.1 Å². The van der Waals surface area contributed by atoms with E-state index in [0.29, 0.717) is 5.92 Å². The summed E-state index contributed by atoms with van der Waals surface area (Å²) in [7, 11) is 0. The number of rotatable bonds is 2. The molecule has 1 saturated carbocycles. The van der Waals surface area contributed by atoms with Gasteiger partial charge in [0.25, 0.3) is 0 Å². The van der Waals surface area contributed by atoms with Gasteiger partial charge in [0.15, 0.2) is 0 Å². The maximum Gasteiger partial charge on any atom is 0.133 e. The van der Waals surface area contributed by atoms with Gasteiger partial charge in [-0.15, -0.1) is 0 Å². The Balaban J connectivity index is 2.62. The summed E-state index contributed by atoms with van der Waals surface area (Å²) >= 11 is 0. The molecule has 2 nitrogen and oxygen atoms in total. The molecule has 3 atom stereocenters. The van der Waals surface area contributed by atoms with Gasteiger partial charge in [0.05, 0.1) is 0 Å². The second-order valence-corrected chi connectivity index (χ2v) is 3.94. The van der Waals surface area contributed by atoms with Crippen molar-refractivity contribution >= 4 is 12.1 Å². The summed E-state index contributed by atoms with van der Waals surface area (Å²) in [6.07, 6.45) is 3.85. The summed E-state index contributed by atoms with van der Waals surface area (Å²) in [5, 5.41) is 0. The highest BCUT2D eigenvalue weighted by molar-refractivity contribution is 5.81. The van der Waals surface area contributed by atoms with E-state index in [9.17, 15) is 9.59 Å². The van der Waals surface area contributed by atoms with E-state index in [1.165, 1.54) is 0 Å². The van der Waals surface area contributed by atoms with E-state index in [-0.39, 0.29) is 17.6 Å². The van der Waals surface area contributed by atoms with Crippen LogP contribution in [0.4, 0.5) is 0 Å². The molecule has 0 heterocycles. The van der Waals surface area contributed by atoms with Gasteiger partial charge < -0.3 is 4.79 Å². The molecule has 0 spiro atoms. The van der Waals surface area contributed by atoms with Crippen LogP contribution in [0, 0.1) is 17.8 Å². The van der Waals surface area contributed by atoms with Gasteiger partial charge in [-0.25, -0.2) is 0 Å². The van der Waals surface area contributed by atoms with E-state index in [2.05, 4.69) is 6.92 Å². The quantitative estimate of drug-likeness (QED) is 0.589. The Kier molecular flexibility index (Phi) is 3.01. The van der Waals surface area contributed by atoms with Crippen LogP contribution in [-0.2, 0) is 9.59 Å². The molecular formula is C10H16O2. The van der Waals surface area contributed by atoms with Crippen molar-refractivity contribution in [3.63, 3.8) is 0 Å². The van der Waals surface area contributed by atoms with Crippen molar-refractivity contribution in [2.75, 3.05) is 0 Å². The molecule has 12 heavy (non-hydrogen) atoms. The molecular weight excluding hydrogens is 152 g/mol. The van der Waals surface area contributed by atoms with E-state index in [4.69, 9.17) is 0 Å². The first-order valence-electron chi connectivity index (χ1n) is 4.61. The van der Waals surface area contributed by atoms with Crippen LogP contribution in [0.3, 0.4) is 0 Å². The minimum absolute atomic E-state index is 0.00810. The molecule has 68 valence electrons. The Morgan fingerprint density at radius 1 is 1.42 bits per heavy atom. The average Bonchev–Trinajstić information content (AvgIpc) is 2.03. The topological polar surface area (TPSA) is 34.1 Å². The Morgan fingerprint density at radius 3 is 2.58 bits per heavy atom. The number of carbonyl (C=O) groups is 2. The van der Waals surface area contributed by atoms with Crippen LogP contribution >= 0.6 is 0 Å². The second-order valence-electron chi connectivity index (χ2n) is 3.94. The van der Waals surface area contributed by atoms with Crippen molar-refractivity contribution in [2.24, 2.45) is 17.8 Å². The molecule has 0 N–H and O–H groups in total. The third kappa shape index (κ3) is 1.93. The lowest BCUT2D eigenvalue weighted by Gasteiger charge is -2.29. The van der Waals surface area contributed by atoms with Crippen LogP contribution in [0.2, 0.25) is 0 Å². The van der Waals surface area contributed by atoms with Gasteiger partial charge in [-0.1, -0.05) is 6.92 Å². The van der Waals surface area contributed by atoms with Crippen molar-refractivity contribution in [3.8, 4) is 0 Å². The SMILES string of the molecule is CC(=O)C1CCC(C)CC1C=O. The Labute approximate surface area is 73.3 Å². The van der Waals surface area contributed by atoms with E-state index in [1.807, 2.05) is 0 Å². The van der Waals surface area contributed by atoms with Gasteiger partial charge >= 0.3 is 0 Å². The fourth-order valence-corrected chi connectivity index (χ4v) is 2.08.